The monoisotopic (exact) mass is 144 g/mol. The van der Waals surface area contributed by atoms with Crippen molar-refractivity contribution in [2.75, 3.05) is 6.61 Å². The molecule has 0 aromatic heterocycles. The van der Waals surface area contributed by atoms with E-state index in [9.17, 15) is 5.11 Å². The predicted molar refractivity (Wildman–Crippen MR) is 41.8 cm³/mol. The van der Waals surface area contributed by atoms with Gasteiger partial charge in [-0.25, -0.2) is 0 Å². The van der Waals surface area contributed by atoms with Crippen LogP contribution in [0.3, 0.4) is 0 Å². The Bertz CT molecular complexity index is 106. The molecule has 0 rings (SSSR count). The molecule has 10 heavy (non-hydrogen) atoms. The third kappa shape index (κ3) is 4.53. The number of allylic oxidation sites excluding steroid dienone is 1. The summed E-state index contributed by atoms with van der Waals surface area (Å²) >= 11 is 0. The van der Waals surface area contributed by atoms with Gasteiger partial charge >= 0.3 is 0 Å². The molecule has 0 aliphatic heterocycles. The Morgan fingerprint density at radius 2 is 2.10 bits per heavy atom. The first-order valence-corrected chi connectivity index (χ1v) is 3.63. The highest BCUT2D eigenvalue weighted by Crippen LogP contribution is 2.09. The highest BCUT2D eigenvalue weighted by atomic mass is 16.3. The summed E-state index contributed by atoms with van der Waals surface area (Å²) in [7, 11) is 0. The van der Waals surface area contributed by atoms with Gasteiger partial charge in [-0.1, -0.05) is 19.1 Å². The van der Waals surface area contributed by atoms with Gasteiger partial charge in [0, 0.05) is 13.0 Å². The normalized spacial score (nSPS) is 17.6. The van der Waals surface area contributed by atoms with Gasteiger partial charge in [0.15, 0.2) is 0 Å². The zero-order valence-corrected chi connectivity index (χ0v) is 6.67. The lowest BCUT2D eigenvalue weighted by molar-refractivity contribution is 0.0785. The van der Waals surface area contributed by atoms with Gasteiger partial charge in [0.1, 0.15) is 0 Å². The number of aliphatic hydroxyl groups excluding tert-OH is 1. The minimum atomic E-state index is -0.829. The van der Waals surface area contributed by atoms with E-state index in [1.165, 1.54) is 0 Å². The zero-order chi connectivity index (χ0) is 8.04. The maximum atomic E-state index is 9.40. The van der Waals surface area contributed by atoms with Crippen LogP contribution in [0.2, 0.25) is 0 Å². The molecule has 0 aromatic carbocycles. The molecule has 2 N–H and O–H groups in total. The molecule has 0 saturated carbocycles. The van der Waals surface area contributed by atoms with Gasteiger partial charge < -0.3 is 10.2 Å². The molecule has 0 amide bonds. The molecule has 1 atom stereocenters. The predicted octanol–water partition coefficient (Wildman–Crippen LogP) is 1.09. The minimum Gasteiger partial charge on any atom is -0.396 e. The summed E-state index contributed by atoms with van der Waals surface area (Å²) in [6, 6.07) is 0. The van der Waals surface area contributed by atoms with Gasteiger partial charge in [-0.05, 0) is 13.3 Å². The van der Waals surface area contributed by atoms with Crippen molar-refractivity contribution in [2.24, 2.45) is 0 Å². The summed E-state index contributed by atoms with van der Waals surface area (Å²) in [6.45, 7) is 3.72. The van der Waals surface area contributed by atoms with Gasteiger partial charge in [-0.2, -0.15) is 0 Å². The Morgan fingerprint density at radius 1 is 1.50 bits per heavy atom. The topological polar surface area (TPSA) is 40.5 Å². The molecule has 2 nitrogen and oxygen atoms in total. The van der Waals surface area contributed by atoms with E-state index in [-0.39, 0.29) is 6.61 Å². The van der Waals surface area contributed by atoms with Crippen LogP contribution in [0.1, 0.15) is 26.7 Å². The van der Waals surface area contributed by atoms with E-state index in [1.54, 1.807) is 13.0 Å². The van der Waals surface area contributed by atoms with Crippen LogP contribution in [0, 0.1) is 0 Å². The fourth-order valence-electron chi connectivity index (χ4n) is 0.681. The van der Waals surface area contributed by atoms with E-state index >= 15 is 0 Å². The second kappa shape index (κ2) is 4.47. The number of aliphatic hydroxyl groups is 2. The van der Waals surface area contributed by atoms with Crippen molar-refractivity contribution in [2.45, 2.75) is 32.3 Å². The van der Waals surface area contributed by atoms with Crippen LogP contribution < -0.4 is 0 Å². The summed E-state index contributed by atoms with van der Waals surface area (Å²) < 4.78 is 0. The molecule has 0 aliphatic rings. The summed E-state index contributed by atoms with van der Waals surface area (Å²) in [5.41, 5.74) is -0.829. The van der Waals surface area contributed by atoms with Gasteiger partial charge in [-0.3, -0.25) is 0 Å². The Balaban J connectivity index is 3.73. The summed E-state index contributed by atoms with van der Waals surface area (Å²) in [5, 5.41) is 17.9. The highest BCUT2D eigenvalue weighted by Gasteiger charge is 2.13. The Hall–Kier alpha value is -0.340. The second-order valence-electron chi connectivity index (χ2n) is 2.64. The molecule has 1 unspecified atom stereocenters. The van der Waals surface area contributed by atoms with E-state index in [2.05, 4.69) is 0 Å². The number of rotatable bonds is 4. The van der Waals surface area contributed by atoms with Crippen LogP contribution in [0.15, 0.2) is 12.2 Å². The SMILES string of the molecule is CCC=CC(C)(O)CCO. The third-order valence-corrected chi connectivity index (χ3v) is 1.33. The van der Waals surface area contributed by atoms with Crippen molar-refractivity contribution in [3.05, 3.63) is 12.2 Å². The minimum absolute atomic E-state index is 0.0288. The zero-order valence-electron chi connectivity index (χ0n) is 6.67. The Kier molecular flexibility index (Phi) is 4.32. The summed E-state index contributed by atoms with van der Waals surface area (Å²) in [6.07, 6.45) is 4.95. The first-order valence-electron chi connectivity index (χ1n) is 3.63. The molecule has 0 radical (unpaired) electrons. The number of hydrogen-bond donors (Lipinski definition) is 2. The smallest absolute Gasteiger partial charge is 0.0821 e. The van der Waals surface area contributed by atoms with Crippen molar-refractivity contribution in [1.29, 1.82) is 0 Å². The molecule has 2 heteroatoms. The van der Waals surface area contributed by atoms with Crippen molar-refractivity contribution < 1.29 is 10.2 Å². The molecule has 0 fully saturated rings. The molecular weight excluding hydrogens is 128 g/mol. The first kappa shape index (κ1) is 9.66. The van der Waals surface area contributed by atoms with E-state index < -0.39 is 5.60 Å². The van der Waals surface area contributed by atoms with Gasteiger partial charge in [0.2, 0.25) is 0 Å². The lowest BCUT2D eigenvalue weighted by Crippen LogP contribution is -2.21. The summed E-state index contributed by atoms with van der Waals surface area (Å²) in [4.78, 5) is 0. The van der Waals surface area contributed by atoms with Crippen molar-refractivity contribution >= 4 is 0 Å². The molecule has 60 valence electrons. The Labute approximate surface area is 62.2 Å². The fourth-order valence-corrected chi connectivity index (χ4v) is 0.681. The van der Waals surface area contributed by atoms with Crippen molar-refractivity contribution in [1.82, 2.24) is 0 Å². The standard InChI is InChI=1S/C8H16O2/c1-3-4-5-8(2,10)6-7-9/h4-5,9-10H,3,6-7H2,1-2H3. The number of hydrogen-bond acceptors (Lipinski definition) is 2. The van der Waals surface area contributed by atoms with E-state index in [0.717, 1.165) is 6.42 Å². The lowest BCUT2D eigenvalue weighted by Gasteiger charge is -2.16. The van der Waals surface area contributed by atoms with E-state index in [1.807, 2.05) is 13.0 Å². The quantitative estimate of drug-likeness (QED) is 0.580. The maximum absolute atomic E-state index is 9.40. The maximum Gasteiger partial charge on any atom is 0.0821 e. The van der Waals surface area contributed by atoms with Gasteiger partial charge in [-0.15, -0.1) is 0 Å². The highest BCUT2D eigenvalue weighted by molar-refractivity contribution is 4.97. The van der Waals surface area contributed by atoms with Crippen molar-refractivity contribution in [3.8, 4) is 0 Å². The van der Waals surface area contributed by atoms with Crippen LogP contribution in [-0.4, -0.2) is 22.4 Å². The molecular formula is C8H16O2. The van der Waals surface area contributed by atoms with Crippen molar-refractivity contribution in [3.63, 3.8) is 0 Å². The first-order chi connectivity index (χ1) is 4.62. The van der Waals surface area contributed by atoms with Crippen LogP contribution in [0.5, 0.6) is 0 Å². The van der Waals surface area contributed by atoms with Crippen LogP contribution in [0.4, 0.5) is 0 Å². The molecule has 0 aliphatic carbocycles. The van der Waals surface area contributed by atoms with Gasteiger partial charge in [0.05, 0.1) is 5.60 Å². The average molecular weight is 144 g/mol. The fraction of sp³-hybridized carbons (Fsp3) is 0.750. The second-order valence-corrected chi connectivity index (χ2v) is 2.64. The van der Waals surface area contributed by atoms with Crippen LogP contribution in [0.25, 0.3) is 0 Å². The summed E-state index contributed by atoms with van der Waals surface area (Å²) in [5.74, 6) is 0. The van der Waals surface area contributed by atoms with Crippen LogP contribution in [-0.2, 0) is 0 Å². The van der Waals surface area contributed by atoms with E-state index in [0.29, 0.717) is 6.42 Å². The molecule has 0 saturated heterocycles. The van der Waals surface area contributed by atoms with Crippen LogP contribution >= 0.6 is 0 Å². The largest absolute Gasteiger partial charge is 0.396 e. The average Bonchev–Trinajstić information content (AvgIpc) is 1.84. The lowest BCUT2D eigenvalue weighted by atomic mass is 10.0. The third-order valence-electron chi connectivity index (χ3n) is 1.33. The Morgan fingerprint density at radius 3 is 2.50 bits per heavy atom. The molecule has 0 spiro atoms. The molecule has 0 aromatic rings. The molecule has 0 bridgehead atoms. The molecule has 0 heterocycles. The van der Waals surface area contributed by atoms with E-state index in [4.69, 9.17) is 5.11 Å². The van der Waals surface area contributed by atoms with Gasteiger partial charge in [0.25, 0.3) is 0 Å².